The molecule has 0 aliphatic heterocycles. The number of carbonyl (C=O) groups excluding carboxylic acids is 1. The summed E-state index contributed by atoms with van der Waals surface area (Å²) < 4.78 is 0. The zero-order valence-electron chi connectivity index (χ0n) is 9.40. The molecule has 9 nitrogen and oxygen atoms in total. The molecule has 0 aromatic carbocycles. The predicted molar refractivity (Wildman–Crippen MR) is 56.8 cm³/mol. The standard InChI is InChI=1S/C5H9NO3.C4H6O5/c6-3-4(7)1-2-5(8)9;5-2(4(8)9)1-3(6)7/h1-3,6H2,(H,8,9);2,5H,1H2,(H,6,7)(H,8,9). The van der Waals surface area contributed by atoms with E-state index in [-0.39, 0.29) is 25.2 Å². The summed E-state index contributed by atoms with van der Waals surface area (Å²) in [6.45, 7) is -0.0622. The van der Waals surface area contributed by atoms with Crippen molar-refractivity contribution in [3.8, 4) is 0 Å². The number of hydrogen-bond acceptors (Lipinski definition) is 6. The molecule has 0 radical (unpaired) electrons. The summed E-state index contributed by atoms with van der Waals surface area (Å²) in [5.74, 6) is -4.02. The van der Waals surface area contributed by atoms with Gasteiger partial charge in [-0.25, -0.2) is 4.79 Å². The van der Waals surface area contributed by atoms with E-state index in [9.17, 15) is 19.2 Å². The molecule has 0 rings (SSSR count). The summed E-state index contributed by atoms with van der Waals surface area (Å²) in [5.41, 5.74) is 4.92. The highest BCUT2D eigenvalue weighted by molar-refractivity contribution is 5.83. The monoisotopic (exact) mass is 265 g/mol. The quantitative estimate of drug-likeness (QED) is 0.358. The summed E-state index contributed by atoms with van der Waals surface area (Å²) in [4.78, 5) is 39.6. The van der Waals surface area contributed by atoms with Crippen molar-refractivity contribution >= 4 is 23.7 Å². The second kappa shape index (κ2) is 10.2. The van der Waals surface area contributed by atoms with E-state index in [1.165, 1.54) is 0 Å². The molecule has 0 aliphatic rings. The van der Waals surface area contributed by atoms with Gasteiger partial charge in [-0.05, 0) is 0 Å². The van der Waals surface area contributed by atoms with Crippen LogP contribution in [0.3, 0.4) is 0 Å². The average Bonchev–Trinajstić information content (AvgIpc) is 2.25. The third-order valence-corrected chi connectivity index (χ3v) is 1.50. The number of nitrogens with two attached hydrogens (primary N) is 1. The van der Waals surface area contributed by atoms with E-state index in [1.807, 2.05) is 0 Å². The van der Waals surface area contributed by atoms with Crippen molar-refractivity contribution in [1.82, 2.24) is 0 Å². The van der Waals surface area contributed by atoms with Gasteiger partial charge in [0.2, 0.25) is 0 Å². The summed E-state index contributed by atoms with van der Waals surface area (Å²) in [5, 5.41) is 32.2. The molecule has 6 N–H and O–H groups in total. The lowest BCUT2D eigenvalue weighted by Gasteiger charge is -1.97. The minimum atomic E-state index is -1.79. The second-order valence-corrected chi connectivity index (χ2v) is 3.09. The van der Waals surface area contributed by atoms with E-state index in [1.54, 1.807) is 0 Å². The van der Waals surface area contributed by atoms with Crippen molar-refractivity contribution in [2.45, 2.75) is 25.4 Å². The van der Waals surface area contributed by atoms with Crippen LogP contribution in [0, 0.1) is 0 Å². The van der Waals surface area contributed by atoms with E-state index in [0.29, 0.717) is 0 Å². The number of rotatable bonds is 7. The Bertz CT molecular complexity index is 312. The van der Waals surface area contributed by atoms with Crippen molar-refractivity contribution in [3.05, 3.63) is 0 Å². The molecule has 0 aromatic rings. The van der Waals surface area contributed by atoms with Gasteiger partial charge < -0.3 is 26.2 Å². The summed E-state index contributed by atoms with van der Waals surface area (Å²) in [6.07, 6.45) is -2.61. The largest absolute Gasteiger partial charge is 0.481 e. The first kappa shape index (κ1) is 18.4. The van der Waals surface area contributed by atoms with Crippen LogP contribution in [-0.2, 0) is 19.2 Å². The van der Waals surface area contributed by atoms with Crippen molar-refractivity contribution in [3.63, 3.8) is 0 Å². The maximum absolute atomic E-state index is 10.3. The fraction of sp³-hybridized carbons (Fsp3) is 0.556. The van der Waals surface area contributed by atoms with Gasteiger partial charge in [0.15, 0.2) is 6.10 Å². The summed E-state index contributed by atoms with van der Waals surface area (Å²) >= 11 is 0. The van der Waals surface area contributed by atoms with E-state index in [4.69, 9.17) is 26.2 Å². The lowest BCUT2D eigenvalue weighted by Crippen LogP contribution is -2.22. The van der Waals surface area contributed by atoms with E-state index in [0.717, 1.165) is 0 Å². The molecule has 9 heteroatoms. The average molecular weight is 265 g/mol. The van der Waals surface area contributed by atoms with Crippen molar-refractivity contribution in [2.24, 2.45) is 5.73 Å². The zero-order valence-corrected chi connectivity index (χ0v) is 9.40. The van der Waals surface area contributed by atoms with Crippen molar-refractivity contribution in [2.75, 3.05) is 6.54 Å². The number of aliphatic hydroxyl groups excluding tert-OH is 1. The number of carbonyl (C=O) groups is 4. The van der Waals surface area contributed by atoms with Crippen LogP contribution < -0.4 is 5.73 Å². The Hall–Kier alpha value is -2.00. The zero-order chi connectivity index (χ0) is 14.7. The molecule has 1 unspecified atom stereocenters. The first-order valence-corrected chi connectivity index (χ1v) is 4.76. The number of ketones is 1. The first-order valence-electron chi connectivity index (χ1n) is 4.76. The van der Waals surface area contributed by atoms with Crippen LogP contribution in [0.15, 0.2) is 0 Å². The maximum Gasteiger partial charge on any atom is 0.333 e. The molecule has 18 heavy (non-hydrogen) atoms. The van der Waals surface area contributed by atoms with Gasteiger partial charge in [0.1, 0.15) is 5.78 Å². The third kappa shape index (κ3) is 14.0. The third-order valence-electron chi connectivity index (χ3n) is 1.50. The lowest BCUT2D eigenvalue weighted by atomic mass is 10.2. The van der Waals surface area contributed by atoms with Crippen LogP contribution in [0.1, 0.15) is 19.3 Å². The van der Waals surface area contributed by atoms with Crippen LogP contribution in [-0.4, -0.2) is 56.8 Å². The molecule has 0 saturated carbocycles. The molecule has 0 bridgehead atoms. The van der Waals surface area contributed by atoms with Crippen LogP contribution in [0.5, 0.6) is 0 Å². The van der Waals surface area contributed by atoms with Crippen LogP contribution >= 0.6 is 0 Å². The Morgan fingerprint density at radius 3 is 1.67 bits per heavy atom. The van der Waals surface area contributed by atoms with Crippen molar-refractivity contribution in [1.29, 1.82) is 0 Å². The van der Waals surface area contributed by atoms with Crippen LogP contribution in [0.2, 0.25) is 0 Å². The minimum Gasteiger partial charge on any atom is -0.481 e. The molecule has 0 amide bonds. The highest BCUT2D eigenvalue weighted by Gasteiger charge is 2.16. The molecule has 0 aliphatic carbocycles. The van der Waals surface area contributed by atoms with Gasteiger partial charge in [-0.2, -0.15) is 0 Å². The van der Waals surface area contributed by atoms with E-state index >= 15 is 0 Å². The first-order chi connectivity index (χ1) is 8.20. The van der Waals surface area contributed by atoms with Crippen molar-refractivity contribution < 1.29 is 39.6 Å². The molecular formula is C9H15NO8. The second-order valence-electron chi connectivity index (χ2n) is 3.09. The predicted octanol–water partition coefficient (Wildman–Crippen LogP) is -1.71. The van der Waals surface area contributed by atoms with Gasteiger partial charge in [0, 0.05) is 6.42 Å². The number of carboxylic acids is 3. The Morgan fingerprint density at radius 2 is 1.44 bits per heavy atom. The number of aliphatic carboxylic acids is 3. The SMILES string of the molecule is NCC(=O)CCC(=O)O.O=C(O)CC(O)C(=O)O. The van der Waals surface area contributed by atoms with E-state index < -0.39 is 30.4 Å². The Morgan fingerprint density at radius 1 is 0.944 bits per heavy atom. The number of hydrogen-bond donors (Lipinski definition) is 5. The van der Waals surface area contributed by atoms with Gasteiger partial charge in [-0.15, -0.1) is 0 Å². The minimum absolute atomic E-state index is 0.0475. The highest BCUT2D eigenvalue weighted by atomic mass is 16.4. The molecule has 104 valence electrons. The van der Waals surface area contributed by atoms with Crippen LogP contribution in [0.4, 0.5) is 0 Å². The van der Waals surface area contributed by atoms with Gasteiger partial charge in [-0.3, -0.25) is 14.4 Å². The summed E-state index contributed by atoms with van der Waals surface area (Å²) in [7, 11) is 0. The number of Topliss-reactive ketones (excluding diaryl/α,β-unsaturated/α-hetero) is 1. The molecule has 1 atom stereocenters. The molecule has 0 saturated heterocycles. The molecular weight excluding hydrogens is 250 g/mol. The molecule has 0 heterocycles. The van der Waals surface area contributed by atoms with Gasteiger partial charge in [0.05, 0.1) is 19.4 Å². The van der Waals surface area contributed by atoms with Gasteiger partial charge in [0.25, 0.3) is 0 Å². The smallest absolute Gasteiger partial charge is 0.333 e. The number of aliphatic hydroxyl groups is 1. The molecule has 0 spiro atoms. The topological polar surface area (TPSA) is 175 Å². The molecule has 0 fully saturated rings. The Balaban J connectivity index is 0. The van der Waals surface area contributed by atoms with Crippen LogP contribution in [0.25, 0.3) is 0 Å². The highest BCUT2D eigenvalue weighted by Crippen LogP contribution is 1.89. The Kier molecular flexibility index (Phi) is 10.4. The maximum atomic E-state index is 10.3. The van der Waals surface area contributed by atoms with Gasteiger partial charge in [-0.1, -0.05) is 0 Å². The fourth-order valence-corrected chi connectivity index (χ4v) is 0.601. The Labute approximate surface area is 102 Å². The van der Waals surface area contributed by atoms with E-state index in [2.05, 4.69) is 0 Å². The normalized spacial score (nSPS) is 10.8. The molecule has 0 aromatic heterocycles. The fourth-order valence-electron chi connectivity index (χ4n) is 0.601. The summed E-state index contributed by atoms with van der Waals surface area (Å²) in [6, 6.07) is 0. The lowest BCUT2D eigenvalue weighted by molar-refractivity contribution is -0.152. The number of carboxylic acid groups (broad SMARTS) is 3. The van der Waals surface area contributed by atoms with Gasteiger partial charge >= 0.3 is 17.9 Å².